The molecule has 0 amide bonds. The van der Waals surface area contributed by atoms with Gasteiger partial charge in [0, 0.05) is 30.8 Å². The van der Waals surface area contributed by atoms with Crippen molar-refractivity contribution in [2.75, 3.05) is 0 Å². The van der Waals surface area contributed by atoms with Crippen LogP contribution in [0.3, 0.4) is 0 Å². The molecule has 1 fully saturated rings. The summed E-state index contributed by atoms with van der Waals surface area (Å²) in [6.45, 7) is 1.58. The van der Waals surface area contributed by atoms with E-state index in [0.717, 1.165) is 17.7 Å². The Kier molecular flexibility index (Phi) is 3.68. The molecule has 2 aromatic rings. The first-order valence-electron chi connectivity index (χ1n) is 7.09. The van der Waals surface area contributed by atoms with Gasteiger partial charge in [0.15, 0.2) is 0 Å². The van der Waals surface area contributed by atoms with Gasteiger partial charge in [-0.3, -0.25) is 9.48 Å². The van der Waals surface area contributed by atoms with Crippen molar-refractivity contribution >= 4 is 5.97 Å². The van der Waals surface area contributed by atoms with Crippen LogP contribution in [-0.4, -0.2) is 15.7 Å². The molecule has 116 valence electrons. The molecule has 0 spiro atoms. The monoisotopic (exact) mass is 306 g/mol. The van der Waals surface area contributed by atoms with E-state index in [-0.39, 0.29) is 23.4 Å². The van der Waals surface area contributed by atoms with Crippen molar-refractivity contribution in [2.24, 2.45) is 13.0 Å². The Morgan fingerprint density at radius 1 is 1.45 bits per heavy atom. The van der Waals surface area contributed by atoms with Crippen LogP contribution < -0.4 is 0 Å². The average Bonchev–Trinajstić information content (AvgIpc) is 3.14. The van der Waals surface area contributed by atoms with E-state index in [1.54, 1.807) is 17.8 Å². The normalized spacial score (nSPS) is 21.5. The van der Waals surface area contributed by atoms with Gasteiger partial charge in [-0.25, -0.2) is 8.78 Å². The van der Waals surface area contributed by atoms with E-state index < -0.39 is 17.7 Å². The number of nitrogens with zero attached hydrogens (tertiary/aromatic N) is 2. The van der Waals surface area contributed by atoms with Gasteiger partial charge in [-0.2, -0.15) is 5.10 Å². The highest BCUT2D eigenvalue weighted by Gasteiger charge is 2.46. The van der Waals surface area contributed by atoms with Gasteiger partial charge in [-0.05, 0) is 31.0 Å². The van der Waals surface area contributed by atoms with Crippen molar-refractivity contribution in [3.8, 4) is 0 Å². The predicted molar refractivity (Wildman–Crippen MR) is 74.9 cm³/mol. The Balaban J connectivity index is 1.63. The number of hydrogen-bond donors (Lipinski definition) is 0. The van der Waals surface area contributed by atoms with Crippen LogP contribution >= 0.6 is 0 Å². The minimum Gasteiger partial charge on any atom is -0.457 e. The Bertz CT molecular complexity index is 714. The van der Waals surface area contributed by atoms with Crippen molar-refractivity contribution < 1.29 is 18.3 Å². The Morgan fingerprint density at radius 2 is 2.23 bits per heavy atom. The van der Waals surface area contributed by atoms with E-state index in [2.05, 4.69) is 5.10 Å². The van der Waals surface area contributed by atoms with Gasteiger partial charge in [-0.1, -0.05) is 0 Å². The summed E-state index contributed by atoms with van der Waals surface area (Å²) in [6.07, 6.45) is 3.58. The highest BCUT2D eigenvalue weighted by atomic mass is 19.1. The van der Waals surface area contributed by atoms with Crippen molar-refractivity contribution in [1.29, 1.82) is 0 Å². The molecule has 0 aliphatic heterocycles. The van der Waals surface area contributed by atoms with E-state index in [4.69, 9.17) is 4.74 Å². The van der Waals surface area contributed by atoms with Crippen LogP contribution in [0.4, 0.5) is 8.78 Å². The minimum absolute atomic E-state index is 0.117. The van der Waals surface area contributed by atoms with Crippen LogP contribution in [0.1, 0.15) is 36.5 Å². The zero-order valence-corrected chi connectivity index (χ0v) is 12.3. The van der Waals surface area contributed by atoms with Crippen molar-refractivity contribution in [3.05, 3.63) is 53.4 Å². The van der Waals surface area contributed by atoms with Crippen LogP contribution in [0.2, 0.25) is 0 Å². The Labute approximate surface area is 126 Å². The number of carbonyl (C=O) groups is 1. The average molecular weight is 306 g/mol. The number of halogens is 2. The Hall–Kier alpha value is -2.24. The number of benzene rings is 1. The third-order valence-corrected chi connectivity index (χ3v) is 3.94. The fraction of sp³-hybridized carbons (Fsp3) is 0.375. The van der Waals surface area contributed by atoms with Gasteiger partial charge < -0.3 is 4.74 Å². The van der Waals surface area contributed by atoms with Gasteiger partial charge in [0.05, 0.1) is 12.1 Å². The third-order valence-electron chi connectivity index (χ3n) is 3.94. The van der Waals surface area contributed by atoms with E-state index >= 15 is 0 Å². The number of rotatable bonds is 4. The number of aryl methyl sites for hydroxylation is 1. The molecule has 0 bridgehead atoms. The van der Waals surface area contributed by atoms with E-state index in [1.165, 1.54) is 6.07 Å². The second kappa shape index (κ2) is 5.51. The van der Waals surface area contributed by atoms with E-state index in [1.807, 2.05) is 13.2 Å². The second-order valence-corrected chi connectivity index (χ2v) is 5.64. The standard InChI is InChI=1S/C16H16F2N2O2/c1-9(12-4-3-11(17)5-15(12)18)22-16(21)14-6-13(14)10-7-19-20(2)8-10/h3-5,7-9,13-14H,6H2,1-2H3/t9-,13-,14-/m0/s1. The van der Waals surface area contributed by atoms with Gasteiger partial charge in [-0.15, -0.1) is 0 Å². The topological polar surface area (TPSA) is 44.1 Å². The van der Waals surface area contributed by atoms with Crippen LogP contribution in [0, 0.1) is 17.6 Å². The lowest BCUT2D eigenvalue weighted by Crippen LogP contribution is -2.12. The van der Waals surface area contributed by atoms with Gasteiger partial charge in [0.2, 0.25) is 0 Å². The molecular weight excluding hydrogens is 290 g/mol. The summed E-state index contributed by atoms with van der Waals surface area (Å²) in [4.78, 5) is 12.1. The summed E-state index contributed by atoms with van der Waals surface area (Å²) in [5.74, 6) is -1.81. The van der Waals surface area contributed by atoms with Gasteiger partial charge >= 0.3 is 5.97 Å². The molecule has 6 heteroatoms. The maximum atomic E-state index is 13.7. The lowest BCUT2D eigenvalue weighted by atomic mass is 10.1. The summed E-state index contributed by atoms with van der Waals surface area (Å²) in [7, 11) is 1.82. The van der Waals surface area contributed by atoms with Crippen LogP contribution in [-0.2, 0) is 16.6 Å². The number of carbonyl (C=O) groups excluding carboxylic acids is 1. The van der Waals surface area contributed by atoms with Crippen molar-refractivity contribution in [1.82, 2.24) is 9.78 Å². The molecule has 4 nitrogen and oxygen atoms in total. The number of aromatic nitrogens is 2. The van der Waals surface area contributed by atoms with Gasteiger partial charge in [0.25, 0.3) is 0 Å². The largest absolute Gasteiger partial charge is 0.457 e. The van der Waals surface area contributed by atoms with Crippen LogP contribution in [0.5, 0.6) is 0 Å². The molecule has 22 heavy (non-hydrogen) atoms. The maximum absolute atomic E-state index is 13.7. The van der Waals surface area contributed by atoms with Crippen molar-refractivity contribution in [3.63, 3.8) is 0 Å². The first-order valence-corrected chi connectivity index (χ1v) is 7.09. The number of esters is 1. The van der Waals surface area contributed by atoms with Gasteiger partial charge in [0.1, 0.15) is 17.7 Å². The highest BCUT2D eigenvalue weighted by Crippen LogP contribution is 2.48. The highest BCUT2D eigenvalue weighted by molar-refractivity contribution is 5.77. The molecule has 1 aromatic carbocycles. The molecule has 3 atom stereocenters. The molecule has 0 unspecified atom stereocenters. The third kappa shape index (κ3) is 2.86. The Morgan fingerprint density at radius 3 is 2.86 bits per heavy atom. The summed E-state index contributed by atoms with van der Waals surface area (Å²) in [6, 6.07) is 3.24. The summed E-state index contributed by atoms with van der Waals surface area (Å²) >= 11 is 0. The molecule has 0 saturated heterocycles. The SMILES string of the molecule is C[C@H](OC(=O)[C@H]1C[C@H]1c1cnn(C)c1)c1ccc(F)cc1F. The first kappa shape index (κ1) is 14.7. The summed E-state index contributed by atoms with van der Waals surface area (Å²) < 4.78 is 33.6. The zero-order valence-electron chi connectivity index (χ0n) is 12.3. The molecule has 1 saturated carbocycles. The molecule has 1 aliphatic rings. The lowest BCUT2D eigenvalue weighted by Gasteiger charge is -2.14. The number of hydrogen-bond acceptors (Lipinski definition) is 3. The summed E-state index contributed by atoms with van der Waals surface area (Å²) in [5, 5.41) is 4.08. The quantitative estimate of drug-likeness (QED) is 0.815. The fourth-order valence-electron chi connectivity index (χ4n) is 2.61. The molecule has 1 heterocycles. The molecule has 1 aliphatic carbocycles. The summed E-state index contributed by atoms with van der Waals surface area (Å²) in [5.41, 5.74) is 1.18. The fourth-order valence-corrected chi connectivity index (χ4v) is 2.61. The number of ether oxygens (including phenoxy) is 1. The van der Waals surface area contributed by atoms with Crippen molar-refractivity contribution in [2.45, 2.75) is 25.4 Å². The van der Waals surface area contributed by atoms with E-state index in [9.17, 15) is 13.6 Å². The molecule has 0 radical (unpaired) electrons. The second-order valence-electron chi connectivity index (χ2n) is 5.64. The minimum atomic E-state index is -0.747. The zero-order chi connectivity index (χ0) is 15.9. The maximum Gasteiger partial charge on any atom is 0.310 e. The lowest BCUT2D eigenvalue weighted by molar-refractivity contribution is -0.150. The smallest absolute Gasteiger partial charge is 0.310 e. The van der Waals surface area contributed by atoms with Crippen LogP contribution in [0.25, 0.3) is 0 Å². The van der Waals surface area contributed by atoms with Crippen LogP contribution in [0.15, 0.2) is 30.6 Å². The first-order chi connectivity index (χ1) is 10.5. The molecular formula is C16H16F2N2O2. The van der Waals surface area contributed by atoms with E-state index in [0.29, 0.717) is 6.42 Å². The molecule has 0 N–H and O–H groups in total. The molecule has 1 aromatic heterocycles. The molecule has 3 rings (SSSR count). The predicted octanol–water partition coefficient (Wildman–Crippen LogP) is 3.11.